The third-order valence-electron chi connectivity index (χ3n) is 5.50. The smallest absolute Gasteiger partial charge is 0.231 e. The van der Waals surface area contributed by atoms with E-state index in [1.165, 1.54) is 0 Å². The van der Waals surface area contributed by atoms with Crippen LogP contribution in [-0.4, -0.2) is 121 Å². The second-order valence-electron chi connectivity index (χ2n) is 10.0. The third kappa shape index (κ3) is 13.1. The number of carbonyl (C=O) groups excluding carboxylic acids is 4. The standard InChI is InChI=1S/C21H42N8O4/c1-21(2,3)10-16-11-28(14-19(24)32)7-6-26(12-17(22)30)4-5-27(13-18(23)31)8-9-29(16)15-20(25)33/h16H,4-15H2,1-3H3,(H2,22,30)(H2,23,31)(H2,24,32)(H2,25,33). The van der Waals surface area contributed by atoms with Crippen molar-refractivity contribution in [3.05, 3.63) is 0 Å². The van der Waals surface area contributed by atoms with Crippen molar-refractivity contribution in [2.24, 2.45) is 28.3 Å². The van der Waals surface area contributed by atoms with Crippen LogP contribution >= 0.6 is 0 Å². The number of nitrogens with two attached hydrogens (primary N) is 4. The highest BCUT2D eigenvalue weighted by Crippen LogP contribution is 2.24. The van der Waals surface area contributed by atoms with Crippen molar-refractivity contribution in [1.82, 2.24) is 19.6 Å². The average Bonchev–Trinajstić information content (AvgIpc) is 2.62. The van der Waals surface area contributed by atoms with Crippen molar-refractivity contribution in [3.63, 3.8) is 0 Å². The molecule has 1 heterocycles. The lowest BCUT2D eigenvalue weighted by Gasteiger charge is -2.40. The Morgan fingerprint density at radius 3 is 1.39 bits per heavy atom. The Bertz CT molecular complexity index is 682. The zero-order valence-corrected chi connectivity index (χ0v) is 20.3. The summed E-state index contributed by atoms with van der Waals surface area (Å²) in [7, 11) is 0. The number of carbonyl (C=O) groups is 4. The van der Waals surface area contributed by atoms with Crippen LogP contribution in [0.2, 0.25) is 0 Å². The molecule has 0 radical (unpaired) electrons. The van der Waals surface area contributed by atoms with Crippen molar-refractivity contribution >= 4 is 23.6 Å². The summed E-state index contributed by atoms with van der Waals surface area (Å²) in [6, 6.07) is -0.0868. The van der Waals surface area contributed by atoms with E-state index in [0.717, 1.165) is 6.42 Å². The van der Waals surface area contributed by atoms with Gasteiger partial charge in [-0.2, -0.15) is 0 Å². The monoisotopic (exact) mass is 470 g/mol. The number of rotatable bonds is 9. The summed E-state index contributed by atoms with van der Waals surface area (Å²) >= 11 is 0. The van der Waals surface area contributed by atoms with E-state index in [1.807, 2.05) is 19.6 Å². The highest BCUT2D eigenvalue weighted by molar-refractivity contribution is 5.77. The van der Waals surface area contributed by atoms with Crippen LogP contribution in [0.15, 0.2) is 0 Å². The SMILES string of the molecule is CC(C)(C)CC1CN(CC(N)=O)CCN(CC(N)=O)CCN(CC(N)=O)CCN1CC(N)=O. The highest BCUT2D eigenvalue weighted by atomic mass is 16.2. The van der Waals surface area contributed by atoms with Gasteiger partial charge in [0.05, 0.1) is 26.2 Å². The minimum atomic E-state index is -0.455. The molecule has 0 aliphatic carbocycles. The Balaban J connectivity index is 3.26. The lowest BCUT2D eigenvalue weighted by molar-refractivity contribution is -0.122. The van der Waals surface area contributed by atoms with Crippen LogP contribution in [-0.2, 0) is 19.2 Å². The first-order chi connectivity index (χ1) is 15.2. The zero-order valence-electron chi connectivity index (χ0n) is 20.3. The van der Waals surface area contributed by atoms with Crippen LogP contribution < -0.4 is 22.9 Å². The summed E-state index contributed by atoms with van der Waals surface area (Å²) in [5.74, 6) is -1.81. The molecular formula is C21H42N8O4. The fraction of sp³-hybridized carbons (Fsp3) is 0.810. The fourth-order valence-corrected chi connectivity index (χ4v) is 4.18. The summed E-state index contributed by atoms with van der Waals surface area (Å²) in [6.07, 6.45) is 0.746. The Hall–Kier alpha value is -2.28. The van der Waals surface area contributed by atoms with E-state index in [9.17, 15) is 19.2 Å². The van der Waals surface area contributed by atoms with Gasteiger partial charge >= 0.3 is 0 Å². The van der Waals surface area contributed by atoms with Gasteiger partial charge in [-0.25, -0.2) is 0 Å². The predicted molar refractivity (Wildman–Crippen MR) is 126 cm³/mol. The Kier molecular flexibility index (Phi) is 11.7. The number of primary amides is 4. The van der Waals surface area contributed by atoms with E-state index >= 15 is 0 Å². The molecule has 0 aromatic carbocycles. The molecule has 12 heteroatoms. The normalized spacial score (nSPS) is 21.1. The number of amides is 4. The van der Waals surface area contributed by atoms with E-state index in [0.29, 0.717) is 45.8 Å². The summed E-state index contributed by atoms with van der Waals surface area (Å²) in [5.41, 5.74) is 21.9. The molecule has 4 amide bonds. The Morgan fingerprint density at radius 2 is 1.00 bits per heavy atom. The van der Waals surface area contributed by atoms with Gasteiger partial charge in [0.1, 0.15) is 0 Å². The molecule has 1 rings (SSSR count). The predicted octanol–water partition coefficient (Wildman–Crippen LogP) is -3.05. The second kappa shape index (κ2) is 13.4. The average molecular weight is 471 g/mol. The van der Waals surface area contributed by atoms with Crippen molar-refractivity contribution < 1.29 is 19.2 Å². The molecule has 33 heavy (non-hydrogen) atoms. The van der Waals surface area contributed by atoms with Crippen molar-refractivity contribution in [3.8, 4) is 0 Å². The van der Waals surface area contributed by atoms with Gasteiger partial charge in [-0.1, -0.05) is 20.8 Å². The highest BCUT2D eigenvalue weighted by Gasteiger charge is 2.29. The molecule has 190 valence electrons. The summed E-state index contributed by atoms with van der Waals surface area (Å²) in [4.78, 5) is 54.6. The quantitative estimate of drug-likeness (QED) is 0.274. The van der Waals surface area contributed by atoms with Crippen LogP contribution in [0.5, 0.6) is 0 Å². The van der Waals surface area contributed by atoms with E-state index < -0.39 is 23.6 Å². The van der Waals surface area contributed by atoms with Gasteiger partial charge in [-0.15, -0.1) is 0 Å². The van der Waals surface area contributed by atoms with Gasteiger partial charge in [-0.05, 0) is 11.8 Å². The van der Waals surface area contributed by atoms with Gasteiger partial charge in [0.15, 0.2) is 0 Å². The molecule has 12 nitrogen and oxygen atoms in total. The fourth-order valence-electron chi connectivity index (χ4n) is 4.18. The molecule has 0 aromatic heterocycles. The second-order valence-corrected chi connectivity index (χ2v) is 10.0. The first-order valence-corrected chi connectivity index (χ1v) is 11.3. The van der Waals surface area contributed by atoms with Gasteiger partial charge in [0.25, 0.3) is 0 Å². The molecule has 1 aliphatic rings. The molecule has 0 saturated carbocycles. The minimum Gasteiger partial charge on any atom is -0.369 e. The first kappa shape index (κ1) is 28.8. The van der Waals surface area contributed by atoms with Crippen molar-refractivity contribution in [2.75, 3.05) is 72.0 Å². The number of nitrogens with zero attached hydrogens (tertiary/aromatic N) is 4. The maximum Gasteiger partial charge on any atom is 0.231 e. The number of hydrogen-bond acceptors (Lipinski definition) is 8. The lowest BCUT2D eigenvalue weighted by atomic mass is 9.87. The van der Waals surface area contributed by atoms with Gasteiger partial charge in [0, 0.05) is 51.9 Å². The van der Waals surface area contributed by atoms with Gasteiger partial charge in [-0.3, -0.25) is 38.8 Å². The molecule has 1 saturated heterocycles. The van der Waals surface area contributed by atoms with Crippen molar-refractivity contribution in [1.29, 1.82) is 0 Å². The number of hydrogen-bond donors (Lipinski definition) is 4. The molecule has 0 spiro atoms. The first-order valence-electron chi connectivity index (χ1n) is 11.3. The van der Waals surface area contributed by atoms with E-state index in [4.69, 9.17) is 22.9 Å². The minimum absolute atomic E-state index is 0.0546. The largest absolute Gasteiger partial charge is 0.369 e. The maximum absolute atomic E-state index is 11.9. The molecule has 1 aliphatic heterocycles. The van der Waals surface area contributed by atoms with Crippen LogP contribution in [0.25, 0.3) is 0 Å². The molecule has 0 aromatic rings. The van der Waals surface area contributed by atoms with Gasteiger partial charge < -0.3 is 22.9 Å². The summed E-state index contributed by atoms with van der Waals surface area (Å²) < 4.78 is 0. The third-order valence-corrected chi connectivity index (χ3v) is 5.50. The summed E-state index contributed by atoms with van der Waals surface area (Å²) in [5, 5.41) is 0. The molecule has 1 unspecified atom stereocenters. The van der Waals surface area contributed by atoms with Gasteiger partial charge in [0.2, 0.25) is 23.6 Å². The Labute approximate surface area is 196 Å². The van der Waals surface area contributed by atoms with E-state index in [2.05, 4.69) is 20.8 Å². The summed E-state index contributed by atoms with van der Waals surface area (Å²) in [6.45, 7) is 9.97. The van der Waals surface area contributed by atoms with Crippen molar-refractivity contribution in [2.45, 2.75) is 33.2 Å². The molecule has 8 N–H and O–H groups in total. The Morgan fingerprint density at radius 1 is 0.636 bits per heavy atom. The van der Waals surface area contributed by atoms with Crippen LogP contribution in [0.3, 0.4) is 0 Å². The van der Waals surface area contributed by atoms with Crippen LogP contribution in [0, 0.1) is 5.41 Å². The topological polar surface area (TPSA) is 185 Å². The molecular weight excluding hydrogens is 428 g/mol. The maximum atomic E-state index is 11.9. The lowest BCUT2D eigenvalue weighted by Crippen LogP contribution is -2.54. The van der Waals surface area contributed by atoms with Crippen LogP contribution in [0.4, 0.5) is 0 Å². The van der Waals surface area contributed by atoms with E-state index in [1.54, 1.807) is 0 Å². The molecule has 1 fully saturated rings. The molecule has 1 atom stereocenters. The molecule has 0 bridgehead atoms. The zero-order chi connectivity index (χ0) is 25.2. The van der Waals surface area contributed by atoms with E-state index in [-0.39, 0.29) is 37.6 Å². The van der Waals surface area contributed by atoms with Crippen LogP contribution in [0.1, 0.15) is 27.2 Å².